The van der Waals surface area contributed by atoms with Gasteiger partial charge in [-0.25, -0.2) is 0 Å². The molecular formula is C21H21N3O3. The molecule has 138 valence electrons. The van der Waals surface area contributed by atoms with Crippen molar-refractivity contribution in [1.29, 1.82) is 0 Å². The van der Waals surface area contributed by atoms with Gasteiger partial charge in [0.1, 0.15) is 0 Å². The van der Waals surface area contributed by atoms with Gasteiger partial charge in [-0.3, -0.25) is 14.4 Å². The maximum atomic E-state index is 13.0. The molecule has 2 aromatic rings. The van der Waals surface area contributed by atoms with Crippen LogP contribution in [-0.4, -0.2) is 35.7 Å². The molecule has 0 saturated carbocycles. The quantitative estimate of drug-likeness (QED) is 0.880. The van der Waals surface area contributed by atoms with Gasteiger partial charge in [-0.1, -0.05) is 30.3 Å². The molecule has 0 aromatic heterocycles. The maximum absolute atomic E-state index is 13.0. The van der Waals surface area contributed by atoms with E-state index >= 15 is 0 Å². The zero-order valence-electron chi connectivity index (χ0n) is 14.9. The molecule has 6 heteroatoms. The molecule has 1 fully saturated rings. The van der Waals surface area contributed by atoms with Crippen LogP contribution in [0.25, 0.3) is 0 Å². The van der Waals surface area contributed by atoms with Crippen molar-refractivity contribution < 1.29 is 14.4 Å². The van der Waals surface area contributed by atoms with E-state index < -0.39 is 5.92 Å². The highest BCUT2D eigenvalue weighted by atomic mass is 16.2. The highest BCUT2D eigenvalue weighted by molar-refractivity contribution is 6.08. The van der Waals surface area contributed by atoms with Crippen molar-refractivity contribution in [1.82, 2.24) is 4.90 Å². The van der Waals surface area contributed by atoms with Gasteiger partial charge < -0.3 is 15.5 Å². The number of nitrogens with one attached hydrogen (secondary N) is 2. The van der Waals surface area contributed by atoms with Crippen LogP contribution in [0.2, 0.25) is 0 Å². The summed E-state index contributed by atoms with van der Waals surface area (Å²) >= 11 is 0. The lowest BCUT2D eigenvalue weighted by molar-refractivity contribution is -0.123. The van der Waals surface area contributed by atoms with E-state index in [-0.39, 0.29) is 24.1 Å². The number of anilines is 2. The molecule has 27 heavy (non-hydrogen) atoms. The SMILES string of the molecule is O=C1CC(C(=O)Nc2ccccc2C(=O)N2CCCC2)c2ccccc2N1. The summed E-state index contributed by atoms with van der Waals surface area (Å²) in [4.78, 5) is 39.5. The van der Waals surface area contributed by atoms with Gasteiger partial charge in [-0.05, 0) is 36.6 Å². The van der Waals surface area contributed by atoms with E-state index in [0.717, 1.165) is 31.5 Å². The number of rotatable bonds is 3. The second kappa shape index (κ2) is 7.23. The van der Waals surface area contributed by atoms with Gasteiger partial charge in [0, 0.05) is 25.2 Å². The van der Waals surface area contributed by atoms with Crippen LogP contribution in [0.15, 0.2) is 48.5 Å². The van der Waals surface area contributed by atoms with E-state index in [9.17, 15) is 14.4 Å². The van der Waals surface area contributed by atoms with Crippen molar-refractivity contribution in [3.05, 3.63) is 59.7 Å². The molecule has 2 N–H and O–H groups in total. The van der Waals surface area contributed by atoms with E-state index in [4.69, 9.17) is 0 Å². The number of likely N-dealkylation sites (tertiary alicyclic amines) is 1. The van der Waals surface area contributed by atoms with E-state index in [1.165, 1.54) is 0 Å². The topological polar surface area (TPSA) is 78.5 Å². The number of benzene rings is 2. The predicted molar refractivity (Wildman–Crippen MR) is 103 cm³/mol. The molecule has 0 aliphatic carbocycles. The summed E-state index contributed by atoms with van der Waals surface area (Å²) < 4.78 is 0. The lowest BCUT2D eigenvalue weighted by Gasteiger charge is -2.25. The van der Waals surface area contributed by atoms with E-state index in [2.05, 4.69) is 10.6 Å². The normalized spacial score (nSPS) is 18.6. The third-order valence-electron chi connectivity index (χ3n) is 5.12. The van der Waals surface area contributed by atoms with E-state index in [0.29, 0.717) is 16.9 Å². The van der Waals surface area contributed by atoms with Crippen molar-refractivity contribution in [3.8, 4) is 0 Å². The molecule has 1 unspecified atom stereocenters. The predicted octanol–water partition coefficient (Wildman–Crippen LogP) is 2.99. The first-order chi connectivity index (χ1) is 13.1. The third-order valence-corrected chi connectivity index (χ3v) is 5.12. The molecule has 1 atom stereocenters. The molecule has 2 aromatic carbocycles. The lowest BCUT2D eigenvalue weighted by Crippen LogP contribution is -2.32. The number of hydrogen-bond acceptors (Lipinski definition) is 3. The van der Waals surface area contributed by atoms with Crippen LogP contribution in [0, 0.1) is 0 Å². The molecule has 0 spiro atoms. The van der Waals surface area contributed by atoms with Gasteiger partial charge >= 0.3 is 0 Å². The minimum atomic E-state index is -0.579. The molecule has 3 amide bonds. The summed E-state index contributed by atoms with van der Waals surface area (Å²) in [5, 5.41) is 5.68. The Morgan fingerprint density at radius 1 is 1.00 bits per heavy atom. The van der Waals surface area contributed by atoms with E-state index in [1.807, 2.05) is 23.1 Å². The van der Waals surface area contributed by atoms with Crippen molar-refractivity contribution >= 4 is 29.1 Å². The van der Waals surface area contributed by atoms with Crippen molar-refractivity contribution in [2.75, 3.05) is 23.7 Å². The van der Waals surface area contributed by atoms with Crippen LogP contribution in [0.4, 0.5) is 11.4 Å². The Bertz CT molecular complexity index is 903. The molecule has 0 radical (unpaired) electrons. The summed E-state index contributed by atoms with van der Waals surface area (Å²) in [5.74, 6) is -1.11. The summed E-state index contributed by atoms with van der Waals surface area (Å²) in [6.07, 6.45) is 2.10. The number of hydrogen-bond donors (Lipinski definition) is 2. The average molecular weight is 363 g/mol. The maximum Gasteiger partial charge on any atom is 0.255 e. The van der Waals surface area contributed by atoms with Gasteiger partial charge in [0.2, 0.25) is 11.8 Å². The van der Waals surface area contributed by atoms with Crippen LogP contribution >= 0.6 is 0 Å². The number of amides is 3. The number of para-hydroxylation sites is 2. The van der Waals surface area contributed by atoms with Crippen molar-refractivity contribution in [3.63, 3.8) is 0 Å². The molecule has 0 bridgehead atoms. The molecule has 6 nitrogen and oxygen atoms in total. The molecular weight excluding hydrogens is 342 g/mol. The Kier molecular flexibility index (Phi) is 4.62. The summed E-state index contributed by atoms with van der Waals surface area (Å²) in [6, 6.07) is 14.4. The Balaban J connectivity index is 1.59. The minimum absolute atomic E-state index is 0.0646. The fraction of sp³-hybridized carbons (Fsp3) is 0.286. The fourth-order valence-electron chi connectivity index (χ4n) is 3.73. The third kappa shape index (κ3) is 3.43. The van der Waals surface area contributed by atoms with Gasteiger partial charge in [-0.2, -0.15) is 0 Å². The van der Waals surface area contributed by atoms with Gasteiger partial charge in [0.15, 0.2) is 0 Å². The lowest BCUT2D eigenvalue weighted by atomic mass is 9.89. The van der Waals surface area contributed by atoms with Gasteiger partial charge in [0.05, 0.1) is 17.2 Å². The van der Waals surface area contributed by atoms with Crippen LogP contribution < -0.4 is 10.6 Å². The first-order valence-corrected chi connectivity index (χ1v) is 9.21. The molecule has 2 aliphatic rings. The largest absolute Gasteiger partial charge is 0.339 e. The van der Waals surface area contributed by atoms with Crippen LogP contribution in [0.3, 0.4) is 0 Å². The highest BCUT2D eigenvalue weighted by Gasteiger charge is 2.31. The standard InChI is InChI=1S/C21H21N3O3/c25-19-13-16(14-7-1-3-9-17(14)22-19)20(26)23-18-10-4-2-8-15(18)21(27)24-11-5-6-12-24/h1-4,7-10,16H,5-6,11-13H2,(H,22,25)(H,23,26). The Labute approximate surface area is 157 Å². The average Bonchev–Trinajstić information content (AvgIpc) is 3.22. The van der Waals surface area contributed by atoms with Crippen molar-refractivity contribution in [2.24, 2.45) is 0 Å². The Morgan fingerprint density at radius 3 is 2.52 bits per heavy atom. The minimum Gasteiger partial charge on any atom is -0.339 e. The highest BCUT2D eigenvalue weighted by Crippen LogP contribution is 2.33. The molecule has 2 heterocycles. The molecule has 2 aliphatic heterocycles. The fourth-order valence-corrected chi connectivity index (χ4v) is 3.73. The van der Waals surface area contributed by atoms with E-state index in [1.54, 1.807) is 30.3 Å². The van der Waals surface area contributed by atoms with Crippen LogP contribution in [0.5, 0.6) is 0 Å². The summed E-state index contributed by atoms with van der Waals surface area (Å²) in [5.41, 5.74) is 2.43. The first kappa shape index (κ1) is 17.3. The monoisotopic (exact) mass is 363 g/mol. The zero-order chi connectivity index (χ0) is 18.8. The molecule has 4 rings (SSSR count). The van der Waals surface area contributed by atoms with Crippen molar-refractivity contribution in [2.45, 2.75) is 25.2 Å². The first-order valence-electron chi connectivity index (χ1n) is 9.21. The Morgan fingerprint density at radius 2 is 1.70 bits per heavy atom. The molecule has 1 saturated heterocycles. The van der Waals surface area contributed by atoms with Crippen LogP contribution in [-0.2, 0) is 9.59 Å². The second-order valence-electron chi connectivity index (χ2n) is 6.93. The summed E-state index contributed by atoms with van der Waals surface area (Å²) in [6.45, 7) is 1.49. The summed E-state index contributed by atoms with van der Waals surface area (Å²) in [7, 11) is 0. The smallest absolute Gasteiger partial charge is 0.255 e. The van der Waals surface area contributed by atoms with Crippen LogP contribution in [0.1, 0.15) is 41.1 Å². The van der Waals surface area contributed by atoms with Gasteiger partial charge in [-0.15, -0.1) is 0 Å². The second-order valence-corrected chi connectivity index (χ2v) is 6.93. The Hall–Kier alpha value is -3.15. The number of carbonyl (C=O) groups is 3. The zero-order valence-corrected chi connectivity index (χ0v) is 14.9. The number of carbonyl (C=O) groups excluding carboxylic acids is 3. The van der Waals surface area contributed by atoms with Gasteiger partial charge in [0.25, 0.3) is 5.91 Å². The number of fused-ring (bicyclic) bond motifs is 1. The number of nitrogens with zero attached hydrogens (tertiary/aromatic N) is 1.